The second kappa shape index (κ2) is 12.4. The van der Waals surface area contributed by atoms with Crippen LogP contribution in [0.4, 0.5) is 18.9 Å². The number of rotatable bonds is 10. The molecular formula is C24H28Cl2F3N3O4S. The Kier molecular flexibility index (Phi) is 10.3. The number of sulfonamides is 1. The van der Waals surface area contributed by atoms with Gasteiger partial charge in [-0.1, -0.05) is 55.2 Å². The minimum Gasteiger partial charge on any atom is -0.354 e. The summed E-state index contributed by atoms with van der Waals surface area (Å²) in [6.45, 7) is 4.60. The van der Waals surface area contributed by atoms with Gasteiger partial charge in [-0.05, 0) is 42.7 Å². The molecule has 13 heteroatoms. The molecule has 0 aliphatic rings. The van der Waals surface area contributed by atoms with E-state index in [9.17, 15) is 31.2 Å². The van der Waals surface area contributed by atoms with E-state index in [1.807, 2.05) is 13.8 Å². The van der Waals surface area contributed by atoms with Crippen molar-refractivity contribution in [3.05, 3.63) is 63.6 Å². The molecule has 0 spiro atoms. The van der Waals surface area contributed by atoms with Crippen LogP contribution in [0.15, 0.2) is 42.5 Å². The molecule has 1 atom stereocenters. The van der Waals surface area contributed by atoms with Crippen molar-refractivity contribution in [1.29, 1.82) is 0 Å². The van der Waals surface area contributed by atoms with Gasteiger partial charge in [-0.15, -0.1) is 0 Å². The number of hydrogen-bond donors (Lipinski definition) is 1. The minimum absolute atomic E-state index is 0.136. The topological polar surface area (TPSA) is 86.8 Å². The number of nitrogens with one attached hydrogen (secondary N) is 1. The lowest BCUT2D eigenvalue weighted by molar-refractivity contribution is -0.139. The average molecular weight is 582 g/mol. The molecule has 0 bridgehead atoms. The van der Waals surface area contributed by atoms with Crippen molar-refractivity contribution < 1.29 is 31.2 Å². The predicted octanol–water partition coefficient (Wildman–Crippen LogP) is 4.97. The van der Waals surface area contributed by atoms with Gasteiger partial charge in [0.05, 0.1) is 22.5 Å². The van der Waals surface area contributed by atoms with Gasteiger partial charge < -0.3 is 10.2 Å². The zero-order valence-electron chi connectivity index (χ0n) is 20.6. The number of carbonyl (C=O) groups is 2. The molecule has 0 radical (unpaired) electrons. The number of nitrogens with zero attached hydrogens (tertiary/aromatic N) is 2. The Hall–Kier alpha value is -2.50. The van der Waals surface area contributed by atoms with Gasteiger partial charge in [0, 0.05) is 18.1 Å². The highest BCUT2D eigenvalue weighted by molar-refractivity contribution is 7.92. The molecule has 7 nitrogen and oxygen atoms in total. The quantitative estimate of drug-likeness (QED) is 0.429. The zero-order chi connectivity index (χ0) is 28.1. The van der Waals surface area contributed by atoms with Crippen molar-refractivity contribution in [2.75, 3.05) is 23.7 Å². The molecule has 2 amide bonds. The Bertz CT molecular complexity index is 1240. The molecule has 37 heavy (non-hydrogen) atoms. The Morgan fingerprint density at radius 1 is 1.03 bits per heavy atom. The van der Waals surface area contributed by atoms with Crippen molar-refractivity contribution in [2.45, 2.75) is 39.5 Å². The summed E-state index contributed by atoms with van der Waals surface area (Å²) in [5.41, 5.74) is -1.15. The third-order valence-electron chi connectivity index (χ3n) is 5.37. The van der Waals surface area contributed by atoms with Crippen LogP contribution in [0.3, 0.4) is 0 Å². The van der Waals surface area contributed by atoms with Crippen LogP contribution in [-0.4, -0.2) is 50.5 Å². The van der Waals surface area contributed by atoms with E-state index in [4.69, 9.17) is 23.2 Å². The van der Waals surface area contributed by atoms with E-state index < -0.39 is 56.9 Å². The average Bonchev–Trinajstić information content (AvgIpc) is 2.78. The Morgan fingerprint density at radius 3 is 2.19 bits per heavy atom. The van der Waals surface area contributed by atoms with Gasteiger partial charge in [-0.25, -0.2) is 8.42 Å². The number of hydrogen-bond acceptors (Lipinski definition) is 4. The fraction of sp³-hybridized carbons (Fsp3) is 0.417. The van der Waals surface area contributed by atoms with Crippen LogP contribution >= 0.6 is 23.2 Å². The van der Waals surface area contributed by atoms with Crippen LogP contribution in [0.5, 0.6) is 0 Å². The second-order valence-corrected chi connectivity index (χ2v) is 11.6. The standard InChI is InChI=1S/C24H28Cl2F3N3O4S/c1-15(2)12-30-23(34)16(3)31(13-17-7-5-6-8-20(17)25)22(33)14-32(37(4,35)36)18-9-10-21(26)19(11-18)24(27,28)29/h5-11,15-16H,12-14H2,1-4H3,(H,30,34)/t16-/m0/s1. The fourth-order valence-corrected chi connectivity index (χ4v) is 4.61. The summed E-state index contributed by atoms with van der Waals surface area (Å²) in [7, 11) is -4.22. The molecule has 0 unspecified atom stereocenters. The van der Waals surface area contributed by atoms with E-state index in [0.717, 1.165) is 23.3 Å². The normalized spacial score (nSPS) is 12.8. The molecule has 0 saturated heterocycles. The third kappa shape index (κ3) is 8.51. The van der Waals surface area contributed by atoms with E-state index in [-0.39, 0.29) is 12.5 Å². The largest absolute Gasteiger partial charge is 0.417 e. The zero-order valence-corrected chi connectivity index (χ0v) is 23.0. The van der Waals surface area contributed by atoms with Gasteiger partial charge in [0.25, 0.3) is 0 Å². The van der Waals surface area contributed by atoms with Crippen molar-refractivity contribution in [3.8, 4) is 0 Å². The highest BCUT2D eigenvalue weighted by atomic mass is 35.5. The highest BCUT2D eigenvalue weighted by Crippen LogP contribution is 2.37. The van der Waals surface area contributed by atoms with Crippen LogP contribution in [-0.2, 0) is 32.3 Å². The number of benzene rings is 2. The maximum absolute atomic E-state index is 13.5. The lowest BCUT2D eigenvalue weighted by Crippen LogP contribution is -2.51. The van der Waals surface area contributed by atoms with Gasteiger partial charge in [-0.3, -0.25) is 13.9 Å². The van der Waals surface area contributed by atoms with E-state index >= 15 is 0 Å². The summed E-state index contributed by atoms with van der Waals surface area (Å²) < 4.78 is 65.9. The third-order valence-corrected chi connectivity index (χ3v) is 7.21. The van der Waals surface area contributed by atoms with Crippen molar-refractivity contribution in [3.63, 3.8) is 0 Å². The minimum atomic E-state index is -4.85. The maximum Gasteiger partial charge on any atom is 0.417 e. The maximum atomic E-state index is 13.5. The van der Waals surface area contributed by atoms with Gasteiger partial charge in [-0.2, -0.15) is 13.2 Å². The molecule has 2 aromatic rings. The van der Waals surface area contributed by atoms with E-state index in [2.05, 4.69) is 5.32 Å². The van der Waals surface area contributed by atoms with Crippen LogP contribution in [0.1, 0.15) is 31.9 Å². The smallest absolute Gasteiger partial charge is 0.354 e. The van der Waals surface area contributed by atoms with Gasteiger partial charge in [0.1, 0.15) is 12.6 Å². The molecule has 0 heterocycles. The molecule has 0 saturated carbocycles. The van der Waals surface area contributed by atoms with Crippen LogP contribution in [0.25, 0.3) is 0 Å². The molecule has 2 aromatic carbocycles. The number of anilines is 1. The van der Waals surface area contributed by atoms with Crippen molar-refractivity contribution in [2.24, 2.45) is 5.92 Å². The summed E-state index contributed by atoms with van der Waals surface area (Å²) >= 11 is 11.9. The fourth-order valence-electron chi connectivity index (χ4n) is 3.34. The SMILES string of the molecule is CC(C)CNC(=O)[C@H](C)N(Cc1ccccc1Cl)C(=O)CN(c1ccc(Cl)c(C(F)(F)F)c1)S(C)(=O)=O. The molecule has 0 aliphatic carbocycles. The lowest BCUT2D eigenvalue weighted by atomic mass is 10.1. The van der Waals surface area contributed by atoms with Crippen molar-refractivity contribution in [1.82, 2.24) is 10.2 Å². The lowest BCUT2D eigenvalue weighted by Gasteiger charge is -2.32. The van der Waals surface area contributed by atoms with Gasteiger partial charge >= 0.3 is 6.18 Å². The van der Waals surface area contributed by atoms with E-state index in [1.54, 1.807) is 24.3 Å². The molecule has 0 aliphatic heterocycles. The summed E-state index contributed by atoms with van der Waals surface area (Å²) in [6.07, 6.45) is -4.08. The van der Waals surface area contributed by atoms with Crippen LogP contribution in [0, 0.1) is 5.92 Å². The molecule has 0 fully saturated rings. The Balaban J connectivity index is 2.47. The second-order valence-electron chi connectivity index (χ2n) is 8.86. The monoisotopic (exact) mass is 581 g/mol. The molecule has 2 rings (SSSR count). The molecule has 1 N–H and O–H groups in total. The van der Waals surface area contributed by atoms with Gasteiger partial charge in [0.15, 0.2) is 0 Å². The first-order valence-electron chi connectivity index (χ1n) is 11.2. The predicted molar refractivity (Wildman–Crippen MR) is 138 cm³/mol. The summed E-state index contributed by atoms with van der Waals surface area (Å²) in [4.78, 5) is 27.4. The summed E-state index contributed by atoms with van der Waals surface area (Å²) in [6, 6.07) is 8.11. The summed E-state index contributed by atoms with van der Waals surface area (Å²) in [5, 5.41) is 2.43. The highest BCUT2D eigenvalue weighted by Gasteiger charge is 2.35. The number of amides is 2. The number of halogens is 5. The van der Waals surface area contributed by atoms with Crippen LogP contribution in [0.2, 0.25) is 10.0 Å². The first kappa shape index (κ1) is 30.7. The molecule has 204 valence electrons. The molecular weight excluding hydrogens is 554 g/mol. The number of alkyl halides is 3. The van der Waals surface area contributed by atoms with E-state index in [0.29, 0.717) is 27.5 Å². The number of carbonyl (C=O) groups excluding carboxylic acids is 2. The first-order chi connectivity index (χ1) is 17.0. The summed E-state index contributed by atoms with van der Waals surface area (Å²) in [5.74, 6) is -1.16. The van der Waals surface area contributed by atoms with Crippen LogP contribution < -0.4 is 9.62 Å². The Labute approximate surface area is 224 Å². The van der Waals surface area contributed by atoms with Crippen molar-refractivity contribution >= 4 is 50.7 Å². The van der Waals surface area contributed by atoms with E-state index in [1.165, 1.54) is 6.92 Å². The van der Waals surface area contributed by atoms with Gasteiger partial charge in [0.2, 0.25) is 21.8 Å². The molecule has 0 aromatic heterocycles. The Morgan fingerprint density at radius 2 is 1.65 bits per heavy atom. The first-order valence-corrected chi connectivity index (χ1v) is 13.8.